The molecule has 0 radical (unpaired) electrons. The summed E-state index contributed by atoms with van der Waals surface area (Å²) in [5.41, 5.74) is 5.29. The predicted molar refractivity (Wildman–Crippen MR) is 117 cm³/mol. The number of methoxy groups -OCH3 is 2. The largest absolute Gasteiger partial charge is 0.493 e. The maximum Gasteiger partial charge on any atom is 0.271 e. The van der Waals surface area contributed by atoms with Gasteiger partial charge in [0.1, 0.15) is 5.82 Å². The Bertz CT molecular complexity index is 992. The molecule has 1 saturated carbocycles. The van der Waals surface area contributed by atoms with Crippen molar-refractivity contribution in [3.8, 4) is 11.5 Å². The molecule has 1 N–H and O–H groups in total. The van der Waals surface area contributed by atoms with Crippen LogP contribution in [0.4, 0.5) is 4.39 Å². The van der Waals surface area contributed by atoms with Crippen LogP contribution in [-0.2, 0) is 5.41 Å². The Morgan fingerprint density at radius 3 is 2.58 bits per heavy atom. The van der Waals surface area contributed by atoms with Gasteiger partial charge >= 0.3 is 0 Å². The van der Waals surface area contributed by atoms with Gasteiger partial charge in [-0.3, -0.25) is 4.79 Å². The number of rotatable bonds is 5. The van der Waals surface area contributed by atoms with E-state index in [2.05, 4.69) is 34.6 Å². The molecule has 2 aromatic carbocycles. The van der Waals surface area contributed by atoms with Crippen LogP contribution in [0.3, 0.4) is 0 Å². The molecule has 2 aromatic rings. The van der Waals surface area contributed by atoms with Crippen LogP contribution in [0.15, 0.2) is 47.6 Å². The average Bonchev–Trinajstić information content (AvgIpc) is 3.14. The highest BCUT2D eigenvalue weighted by atomic mass is 19.1. The summed E-state index contributed by atoms with van der Waals surface area (Å²) in [7, 11) is 5.45. The van der Waals surface area contributed by atoms with Crippen LogP contribution in [0.1, 0.15) is 41.6 Å². The first-order valence-corrected chi connectivity index (χ1v) is 10.5. The Labute approximate surface area is 182 Å². The van der Waals surface area contributed by atoms with Gasteiger partial charge in [0.15, 0.2) is 11.5 Å². The molecule has 1 saturated heterocycles. The van der Waals surface area contributed by atoms with E-state index in [-0.39, 0.29) is 17.1 Å². The number of benzene rings is 2. The summed E-state index contributed by atoms with van der Waals surface area (Å²) >= 11 is 0. The lowest BCUT2D eigenvalue weighted by atomic mass is 9.65. The molecule has 2 aliphatic rings. The Balaban J connectivity index is 1.53. The van der Waals surface area contributed by atoms with Crippen molar-refractivity contribution in [3.05, 3.63) is 59.4 Å². The minimum atomic E-state index is -0.370. The van der Waals surface area contributed by atoms with E-state index in [0.29, 0.717) is 11.6 Å². The molecule has 1 unspecified atom stereocenters. The van der Waals surface area contributed by atoms with Crippen LogP contribution in [0.2, 0.25) is 0 Å². The lowest BCUT2D eigenvalue weighted by molar-refractivity contribution is 0.0954. The molecule has 7 heteroatoms. The Morgan fingerprint density at radius 1 is 1.13 bits per heavy atom. The molecule has 1 aliphatic carbocycles. The number of ether oxygens (including phenoxy) is 2. The number of likely N-dealkylation sites (N-methyl/N-ethyl adjacent to an activating group) is 1. The molecule has 1 aliphatic heterocycles. The number of hydrazone groups is 1. The second-order valence-electron chi connectivity index (χ2n) is 8.30. The fourth-order valence-electron chi connectivity index (χ4n) is 4.98. The van der Waals surface area contributed by atoms with Crippen molar-refractivity contribution < 1.29 is 18.7 Å². The van der Waals surface area contributed by atoms with E-state index in [9.17, 15) is 9.18 Å². The van der Waals surface area contributed by atoms with Crippen LogP contribution >= 0.6 is 0 Å². The van der Waals surface area contributed by atoms with Gasteiger partial charge in [0.25, 0.3) is 5.91 Å². The van der Waals surface area contributed by atoms with Crippen molar-refractivity contribution in [1.29, 1.82) is 0 Å². The SMILES string of the molecule is COc1ccc([C@@]23CCC(=NNC(=O)c4ccc(F)cc4)CC2N(C)CC3)cc1OC. The Hall–Kier alpha value is -2.93. The fraction of sp³-hybridized carbons (Fsp3) is 0.417. The van der Waals surface area contributed by atoms with E-state index in [0.717, 1.165) is 49.4 Å². The number of carbonyl (C=O) groups excluding carboxylic acids is 1. The van der Waals surface area contributed by atoms with Crippen molar-refractivity contribution in [3.63, 3.8) is 0 Å². The molecule has 31 heavy (non-hydrogen) atoms. The molecular formula is C24H28FN3O3. The highest BCUT2D eigenvalue weighted by Gasteiger charge is 2.49. The first kappa shape index (κ1) is 21.3. The zero-order valence-corrected chi connectivity index (χ0v) is 18.2. The standard InChI is InChI=1S/C24H28FN3O3/c1-28-13-12-24(17-6-9-20(30-2)21(14-17)31-3)11-10-19(15-22(24)28)26-27-23(29)16-4-7-18(25)8-5-16/h4-9,14,22H,10-13,15H2,1-3H3,(H,27,29)/t22?,24-/m0/s1. The number of nitrogens with zero attached hydrogens (tertiary/aromatic N) is 2. The molecule has 0 bridgehead atoms. The van der Waals surface area contributed by atoms with Crippen LogP contribution < -0.4 is 14.9 Å². The van der Waals surface area contributed by atoms with Crippen LogP contribution in [0, 0.1) is 5.82 Å². The number of amides is 1. The third-order valence-corrected chi connectivity index (χ3v) is 6.75. The van der Waals surface area contributed by atoms with E-state index in [1.54, 1.807) is 14.2 Å². The van der Waals surface area contributed by atoms with Crippen molar-refractivity contribution >= 4 is 11.6 Å². The zero-order chi connectivity index (χ0) is 22.0. The zero-order valence-electron chi connectivity index (χ0n) is 18.2. The fourth-order valence-corrected chi connectivity index (χ4v) is 4.98. The Kier molecular flexibility index (Phi) is 5.96. The summed E-state index contributed by atoms with van der Waals surface area (Å²) in [6.45, 7) is 1.01. The molecule has 1 heterocycles. The van der Waals surface area contributed by atoms with Gasteiger partial charge < -0.3 is 14.4 Å². The number of hydrogen-bond acceptors (Lipinski definition) is 5. The number of fused-ring (bicyclic) bond motifs is 1. The minimum Gasteiger partial charge on any atom is -0.493 e. The van der Waals surface area contributed by atoms with E-state index < -0.39 is 0 Å². The highest BCUT2D eigenvalue weighted by molar-refractivity contribution is 5.95. The summed E-state index contributed by atoms with van der Waals surface area (Å²) < 4.78 is 24.0. The molecule has 4 rings (SSSR count). The summed E-state index contributed by atoms with van der Waals surface area (Å²) in [5, 5.41) is 4.41. The van der Waals surface area contributed by atoms with Crippen molar-refractivity contribution in [2.24, 2.45) is 5.10 Å². The smallest absolute Gasteiger partial charge is 0.271 e. The van der Waals surface area contributed by atoms with Gasteiger partial charge in [-0.2, -0.15) is 5.10 Å². The molecule has 1 amide bonds. The van der Waals surface area contributed by atoms with E-state index in [4.69, 9.17) is 9.47 Å². The first-order valence-electron chi connectivity index (χ1n) is 10.5. The summed E-state index contributed by atoms with van der Waals surface area (Å²) in [6, 6.07) is 12.0. The van der Waals surface area contributed by atoms with Crippen molar-refractivity contribution in [2.45, 2.75) is 37.1 Å². The molecule has 0 aromatic heterocycles. The van der Waals surface area contributed by atoms with Gasteiger partial charge in [-0.1, -0.05) is 6.07 Å². The second kappa shape index (κ2) is 8.67. The first-order chi connectivity index (χ1) is 15.0. The number of halogens is 1. The predicted octanol–water partition coefficient (Wildman–Crippen LogP) is 3.75. The van der Waals surface area contributed by atoms with E-state index in [1.165, 1.54) is 29.8 Å². The third kappa shape index (κ3) is 4.02. The number of carbonyl (C=O) groups is 1. The average molecular weight is 426 g/mol. The second-order valence-corrected chi connectivity index (χ2v) is 8.30. The van der Waals surface area contributed by atoms with Gasteiger partial charge in [-0.15, -0.1) is 0 Å². The van der Waals surface area contributed by atoms with Gasteiger partial charge in [0.2, 0.25) is 0 Å². The van der Waals surface area contributed by atoms with E-state index in [1.807, 2.05) is 6.07 Å². The monoisotopic (exact) mass is 425 g/mol. The highest BCUT2D eigenvalue weighted by Crippen LogP contribution is 2.49. The van der Waals surface area contributed by atoms with Gasteiger partial charge in [-0.25, -0.2) is 9.82 Å². The lowest BCUT2D eigenvalue weighted by Crippen LogP contribution is -2.46. The lowest BCUT2D eigenvalue weighted by Gasteiger charge is -2.42. The Morgan fingerprint density at radius 2 is 1.87 bits per heavy atom. The molecule has 164 valence electrons. The summed E-state index contributed by atoms with van der Waals surface area (Å²) in [5.74, 6) is 0.774. The van der Waals surface area contributed by atoms with Crippen LogP contribution in [0.5, 0.6) is 11.5 Å². The normalized spacial score (nSPS) is 24.6. The third-order valence-electron chi connectivity index (χ3n) is 6.75. The number of likely N-dealkylation sites (tertiary alicyclic amines) is 1. The molecular weight excluding hydrogens is 397 g/mol. The van der Waals surface area contributed by atoms with Crippen molar-refractivity contribution in [2.75, 3.05) is 27.8 Å². The van der Waals surface area contributed by atoms with Crippen molar-refractivity contribution in [1.82, 2.24) is 10.3 Å². The van der Waals surface area contributed by atoms with Gasteiger partial charge in [0.05, 0.1) is 14.2 Å². The minimum absolute atomic E-state index is 0.0221. The maximum absolute atomic E-state index is 13.1. The molecule has 2 fully saturated rings. The molecule has 2 atom stereocenters. The van der Waals surface area contributed by atoms with Gasteiger partial charge in [0, 0.05) is 29.2 Å². The number of hydrogen-bond donors (Lipinski definition) is 1. The quantitative estimate of drug-likeness (QED) is 0.741. The summed E-state index contributed by atoms with van der Waals surface area (Å²) in [4.78, 5) is 14.7. The number of nitrogens with one attached hydrogen (secondary N) is 1. The topological polar surface area (TPSA) is 63.2 Å². The maximum atomic E-state index is 13.1. The molecule has 6 nitrogen and oxygen atoms in total. The van der Waals surface area contributed by atoms with E-state index >= 15 is 0 Å². The van der Waals surface area contributed by atoms with Gasteiger partial charge in [-0.05, 0) is 74.8 Å². The molecule has 0 spiro atoms. The van der Waals surface area contributed by atoms with Crippen LogP contribution in [-0.4, -0.2) is 50.4 Å². The van der Waals surface area contributed by atoms with Crippen LogP contribution in [0.25, 0.3) is 0 Å². The summed E-state index contributed by atoms with van der Waals surface area (Å²) in [6.07, 6.45) is 3.61.